The second-order valence-corrected chi connectivity index (χ2v) is 10.1. The molecule has 0 saturated carbocycles. The van der Waals surface area contributed by atoms with Crippen LogP contribution in [0.25, 0.3) is 35.3 Å². The Balaban J connectivity index is 1.55. The van der Waals surface area contributed by atoms with E-state index in [1.165, 1.54) is 0 Å². The molecule has 0 unspecified atom stereocenters. The van der Waals surface area contributed by atoms with Gasteiger partial charge in [0.05, 0.1) is 5.56 Å². The lowest BCUT2D eigenvalue weighted by molar-refractivity contribution is 0.112. The second kappa shape index (κ2) is 14.3. The molecule has 0 aliphatic rings. The number of hydrogen-bond acceptors (Lipinski definition) is 4. The van der Waals surface area contributed by atoms with E-state index in [-0.39, 0.29) is 5.63 Å². The second-order valence-electron chi connectivity index (χ2n) is 10.1. The lowest BCUT2D eigenvalue weighted by Gasteiger charge is -2.25. The van der Waals surface area contributed by atoms with Crippen LogP contribution in [0.1, 0.15) is 84.6 Å². The highest BCUT2D eigenvalue weighted by atomic mass is 16.4. The Morgan fingerprint density at radius 3 is 1.73 bits per heavy atom. The summed E-state index contributed by atoms with van der Waals surface area (Å²) in [5.41, 5.74) is 6.88. The Hall–Kier alpha value is -4.18. The van der Waals surface area contributed by atoms with Crippen LogP contribution >= 0.6 is 0 Å². The van der Waals surface area contributed by atoms with Crippen molar-refractivity contribution < 1.29 is 9.21 Å². The Morgan fingerprint density at radius 1 is 0.700 bits per heavy atom. The molecule has 4 nitrogen and oxygen atoms in total. The molecule has 40 heavy (non-hydrogen) atoms. The van der Waals surface area contributed by atoms with Gasteiger partial charge in [-0.15, -0.1) is 0 Å². The van der Waals surface area contributed by atoms with Crippen LogP contribution in [0.15, 0.2) is 75.9 Å². The Bertz CT molecular complexity index is 1520. The van der Waals surface area contributed by atoms with Crippen LogP contribution < -0.4 is 10.5 Å². The smallest absolute Gasteiger partial charge is 0.343 e. The highest BCUT2D eigenvalue weighted by Crippen LogP contribution is 2.27. The summed E-state index contributed by atoms with van der Waals surface area (Å²) in [5, 5.41) is 0.998. The van der Waals surface area contributed by atoms with Gasteiger partial charge in [-0.2, -0.15) is 0 Å². The summed E-state index contributed by atoms with van der Waals surface area (Å²) >= 11 is 0. The van der Waals surface area contributed by atoms with Gasteiger partial charge in [-0.3, -0.25) is 4.79 Å². The van der Waals surface area contributed by atoms with Gasteiger partial charge in [-0.1, -0.05) is 100 Å². The number of aryl methyl sites for hydroxylation is 1. The maximum absolute atomic E-state index is 13.1. The van der Waals surface area contributed by atoms with Gasteiger partial charge < -0.3 is 9.32 Å². The van der Waals surface area contributed by atoms with E-state index in [1.54, 1.807) is 0 Å². The molecule has 0 fully saturated rings. The van der Waals surface area contributed by atoms with Crippen molar-refractivity contribution in [3.8, 4) is 0 Å². The molecule has 1 heterocycles. The van der Waals surface area contributed by atoms with Crippen molar-refractivity contribution in [3.05, 3.63) is 111 Å². The highest BCUT2D eigenvalue weighted by molar-refractivity contribution is 5.87. The largest absolute Gasteiger partial charge is 0.422 e. The van der Waals surface area contributed by atoms with Crippen molar-refractivity contribution in [2.45, 2.75) is 52.9 Å². The van der Waals surface area contributed by atoms with Crippen molar-refractivity contribution in [1.82, 2.24) is 0 Å². The number of hydrogen-bond donors (Lipinski definition) is 0. The number of anilines is 1. The molecule has 0 radical (unpaired) electrons. The Morgan fingerprint density at radius 2 is 1.23 bits per heavy atom. The SMILES string of the molecule is CCCCN(CCCC)c1ccc2c(CC)c(/C=C/c3ccc(/C=C/c4ccc(C=O)cc4)cc3)c(=O)oc2c1. The summed E-state index contributed by atoms with van der Waals surface area (Å²) < 4.78 is 5.87. The minimum atomic E-state index is -0.299. The van der Waals surface area contributed by atoms with Crippen LogP contribution in [0.5, 0.6) is 0 Å². The molecule has 0 N–H and O–H groups in total. The molecule has 0 aliphatic carbocycles. The van der Waals surface area contributed by atoms with Crippen LogP contribution in [-0.4, -0.2) is 19.4 Å². The summed E-state index contributed by atoms with van der Waals surface area (Å²) in [4.78, 5) is 26.4. The standard InChI is InChI=1S/C36H39NO3/c1-4-7-23-37(24-8-5-2)31-20-22-33-32(6-3)34(36(39)40-35(33)25-31)21-19-29-13-11-27(12-14-29)9-10-28-15-17-30(26-38)18-16-28/h9-22,25-26H,4-8,23-24H2,1-3H3/b10-9+,21-19+. The van der Waals surface area contributed by atoms with Crippen LogP contribution in [0.4, 0.5) is 5.69 Å². The Kier molecular flexibility index (Phi) is 10.3. The maximum atomic E-state index is 13.1. The van der Waals surface area contributed by atoms with Crippen molar-refractivity contribution in [2.75, 3.05) is 18.0 Å². The summed E-state index contributed by atoms with van der Waals surface area (Å²) in [6, 6.07) is 21.9. The number of aldehydes is 1. The zero-order valence-corrected chi connectivity index (χ0v) is 23.9. The van der Waals surface area contributed by atoms with Gasteiger partial charge in [-0.05, 0) is 59.7 Å². The molecule has 0 bridgehead atoms. The average molecular weight is 534 g/mol. The summed E-state index contributed by atoms with van der Waals surface area (Å²) in [6.07, 6.45) is 14.1. The van der Waals surface area contributed by atoms with Gasteiger partial charge in [0.1, 0.15) is 11.9 Å². The lowest BCUT2D eigenvalue weighted by atomic mass is 10.0. The first-order valence-corrected chi connectivity index (χ1v) is 14.4. The third-order valence-electron chi connectivity index (χ3n) is 7.24. The molecule has 0 amide bonds. The summed E-state index contributed by atoms with van der Waals surface area (Å²) in [7, 11) is 0. The molecule has 0 atom stereocenters. The van der Waals surface area contributed by atoms with E-state index in [9.17, 15) is 9.59 Å². The van der Waals surface area contributed by atoms with Gasteiger partial charge in [-0.25, -0.2) is 4.79 Å². The molecular formula is C36H39NO3. The third-order valence-corrected chi connectivity index (χ3v) is 7.24. The number of rotatable bonds is 13. The number of nitrogens with zero attached hydrogens (tertiary/aromatic N) is 1. The molecule has 0 spiro atoms. The number of unbranched alkanes of at least 4 members (excludes halogenated alkanes) is 2. The maximum Gasteiger partial charge on any atom is 0.343 e. The van der Waals surface area contributed by atoms with Gasteiger partial charge in [0.25, 0.3) is 0 Å². The van der Waals surface area contributed by atoms with Crippen molar-refractivity contribution in [2.24, 2.45) is 0 Å². The van der Waals surface area contributed by atoms with Gasteiger partial charge in [0.15, 0.2) is 0 Å². The summed E-state index contributed by atoms with van der Waals surface area (Å²) in [5.74, 6) is 0. The lowest BCUT2D eigenvalue weighted by Crippen LogP contribution is -2.25. The first kappa shape index (κ1) is 28.8. The minimum Gasteiger partial charge on any atom is -0.422 e. The fourth-order valence-electron chi connectivity index (χ4n) is 4.86. The molecule has 4 aromatic rings. The molecule has 1 aromatic heterocycles. The quantitative estimate of drug-likeness (QED) is 0.0978. The molecule has 4 rings (SSSR count). The average Bonchev–Trinajstić information content (AvgIpc) is 2.99. The summed E-state index contributed by atoms with van der Waals surface area (Å²) in [6.45, 7) is 8.53. The number of benzene rings is 3. The molecule has 3 aromatic carbocycles. The zero-order valence-electron chi connectivity index (χ0n) is 23.9. The van der Waals surface area contributed by atoms with Crippen molar-refractivity contribution in [1.29, 1.82) is 0 Å². The highest BCUT2D eigenvalue weighted by Gasteiger charge is 2.14. The molecule has 0 aliphatic heterocycles. The number of fused-ring (bicyclic) bond motifs is 1. The number of carbonyl (C=O) groups excluding carboxylic acids is 1. The van der Waals surface area contributed by atoms with Gasteiger partial charge in [0, 0.05) is 35.8 Å². The monoisotopic (exact) mass is 533 g/mol. The predicted octanol–water partition coefficient (Wildman–Crippen LogP) is 8.92. The Labute approximate surface area is 237 Å². The molecule has 206 valence electrons. The molecular weight excluding hydrogens is 494 g/mol. The van der Waals surface area contributed by atoms with E-state index < -0.39 is 0 Å². The van der Waals surface area contributed by atoms with Crippen LogP contribution in [-0.2, 0) is 6.42 Å². The number of carbonyl (C=O) groups is 1. The van der Waals surface area contributed by atoms with E-state index in [4.69, 9.17) is 4.42 Å². The fourth-order valence-corrected chi connectivity index (χ4v) is 4.86. The van der Waals surface area contributed by atoms with Crippen LogP contribution in [0.3, 0.4) is 0 Å². The molecule has 4 heteroatoms. The normalized spacial score (nSPS) is 11.6. The van der Waals surface area contributed by atoms with Crippen molar-refractivity contribution >= 4 is 47.2 Å². The van der Waals surface area contributed by atoms with Crippen LogP contribution in [0.2, 0.25) is 0 Å². The van der Waals surface area contributed by atoms with Crippen LogP contribution in [0, 0.1) is 0 Å². The van der Waals surface area contributed by atoms with E-state index in [1.807, 2.05) is 78.9 Å². The fraction of sp³-hybridized carbons (Fsp3) is 0.278. The van der Waals surface area contributed by atoms with Crippen molar-refractivity contribution in [3.63, 3.8) is 0 Å². The van der Waals surface area contributed by atoms with Gasteiger partial charge >= 0.3 is 5.63 Å². The van der Waals surface area contributed by atoms with E-state index in [2.05, 4.69) is 37.8 Å². The van der Waals surface area contributed by atoms with E-state index in [0.29, 0.717) is 16.7 Å². The first-order chi connectivity index (χ1) is 19.6. The predicted molar refractivity (Wildman–Crippen MR) is 170 cm³/mol. The topological polar surface area (TPSA) is 50.5 Å². The molecule has 0 saturated heterocycles. The first-order valence-electron chi connectivity index (χ1n) is 14.4. The minimum absolute atomic E-state index is 0.299. The van der Waals surface area contributed by atoms with E-state index >= 15 is 0 Å². The zero-order chi connectivity index (χ0) is 28.3. The van der Waals surface area contributed by atoms with Gasteiger partial charge in [0.2, 0.25) is 0 Å². The van der Waals surface area contributed by atoms with E-state index in [0.717, 1.165) is 84.8 Å². The third kappa shape index (κ3) is 7.26.